The molecule has 4 heterocycles. The Morgan fingerprint density at radius 1 is 1.41 bits per heavy atom. The lowest BCUT2D eigenvalue weighted by atomic mass is 9.82. The van der Waals surface area contributed by atoms with Crippen molar-refractivity contribution in [1.82, 2.24) is 9.72 Å². The van der Waals surface area contributed by atoms with E-state index in [4.69, 9.17) is 4.74 Å². The van der Waals surface area contributed by atoms with Crippen LogP contribution in [0, 0.1) is 23.6 Å². The molecule has 2 aliphatic heterocycles. The van der Waals surface area contributed by atoms with Crippen LogP contribution in [0.25, 0.3) is 15.7 Å². The number of aromatic carboxylic acids is 1. The molecule has 2 aliphatic carbocycles. The van der Waals surface area contributed by atoms with E-state index < -0.39 is 17.2 Å². The van der Waals surface area contributed by atoms with Crippen molar-refractivity contribution in [3.63, 3.8) is 0 Å². The number of allylic oxidation sites excluding steroid dienone is 1. The minimum Gasteiger partial charge on any atom is -0.483 e. The number of pyridine rings is 1. The van der Waals surface area contributed by atoms with E-state index in [1.165, 1.54) is 17.4 Å². The van der Waals surface area contributed by atoms with Crippen LogP contribution in [0.4, 0.5) is 10.1 Å². The predicted octanol–water partition coefficient (Wildman–Crippen LogP) is 2.84. The normalized spacial score (nSPS) is 29.4. The van der Waals surface area contributed by atoms with Gasteiger partial charge in [-0.15, -0.1) is 11.3 Å². The number of nitrogens with zero attached hydrogens (tertiary/aromatic N) is 2. The molecule has 2 bridgehead atoms. The maximum Gasteiger partial charge on any atom is 0.342 e. The fraction of sp³-hybridized carbons (Fsp3) is 0.391. The van der Waals surface area contributed by atoms with E-state index in [-0.39, 0.29) is 23.1 Å². The number of rotatable bonds is 3. The summed E-state index contributed by atoms with van der Waals surface area (Å²) < 4.78 is 23.4. The van der Waals surface area contributed by atoms with Gasteiger partial charge in [0, 0.05) is 29.9 Å². The quantitative estimate of drug-likeness (QED) is 0.594. The second-order valence-corrected chi connectivity index (χ2v) is 10.1. The van der Waals surface area contributed by atoms with Crippen molar-refractivity contribution in [2.45, 2.75) is 18.6 Å². The van der Waals surface area contributed by atoms with Crippen LogP contribution in [-0.2, 0) is 6.61 Å². The van der Waals surface area contributed by atoms with E-state index in [1.54, 1.807) is 9.78 Å². The van der Waals surface area contributed by atoms with Gasteiger partial charge in [-0.2, -0.15) is 0 Å². The molecule has 2 N–H and O–H groups in total. The fourth-order valence-corrected chi connectivity index (χ4v) is 7.66. The summed E-state index contributed by atoms with van der Waals surface area (Å²) in [6.45, 7) is 1.63. The van der Waals surface area contributed by atoms with Crippen LogP contribution in [-0.4, -0.2) is 41.2 Å². The van der Waals surface area contributed by atoms with Crippen molar-refractivity contribution in [3.8, 4) is 5.75 Å². The highest BCUT2D eigenvalue weighted by Gasteiger charge is 2.57. The number of anilines is 1. The molecule has 164 valence electrons. The molecule has 2 fully saturated rings. The summed E-state index contributed by atoms with van der Waals surface area (Å²) in [6.07, 6.45) is 5.64. The van der Waals surface area contributed by atoms with Gasteiger partial charge in [0.15, 0.2) is 11.6 Å². The molecule has 1 aromatic carbocycles. The van der Waals surface area contributed by atoms with Gasteiger partial charge in [0.25, 0.3) is 0 Å². The van der Waals surface area contributed by atoms with Gasteiger partial charge >= 0.3 is 5.97 Å². The third-order valence-electron chi connectivity index (χ3n) is 8.04. The highest BCUT2D eigenvalue weighted by atomic mass is 32.1. The predicted molar refractivity (Wildman–Crippen MR) is 119 cm³/mol. The first-order valence-corrected chi connectivity index (χ1v) is 11.6. The Morgan fingerprint density at radius 3 is 3.03 bits per heavy atom. The third kappa shape index (κ3) is 2.04. The van der Waals surface area contributed by atoms with E-state index in [0.29, 0.717) is 46.1 Å². The molecule has 0 spiro atoms. The van der Waals surface area contributed by atoms with E-state index >= 15 is 4.39 Å². The average molecular weight is 453 g/mol. The van der Waals surface area contributed by atoms with Crippen molar-refractivity contribution >= 4 is 38.7 Å². The van der Waals surface area contributed by atoms with Crippen molar-refractivity contribution < 1.29 is 19.0 Å². The summed E-state index contributed by atoms with van der Waals surface area (Å²) >= 11 is 1.20. The number of thiazole rings is 1. The Hall–Kier alpha value is -2.91. The summed E-state index contributed by atoms with van der Waals surface area (Å²) in [5, 5.41) is 15.0. The number of aromatic nitrogens is 1. The van der Waals surface area contributed by atoms with Crippen LogP contribution < -0.4 is 20.4 Å². The number of nitrogens with one attached hydrogen (secondary N) is 1. The lowest BCUT2D eigenvalue weighted by Crippen LogP contribution is -2.46. The Labute approximate surface area is 185 Å². The SMILES string of the molecule is CNC12C=CC(C1)C1CN(c3c(F)cc4c(=O)c(C(=O)O)c5scc6n5c4c3OC6)CC12. The maximum absolute atomic E-state index is 15.6. The van der Waals surface area contributed by atoms with Gasteiger partial charge in [-0.3, -0.25) is 9.20 Å². The van der Waals surface area contributed by atoms with Gasteiger partial charge < -0.3 is 20.1 Å². The van der Waals surface area contributed by atoms with Crippen LogP contribution in [0.3, 0.4) is 0 Å². The standard InChI is InChI=1S/C23H20FN3O4S/c1-25-23-3-2-10(5-23)13-6-26(7-14(13)23)18-15(24)4-12-17-20(18)31-8-11-9-32-21(27(11)17)16(19(12)28)22(29)30/h2-4,9-10,13-14,25H,5-8H2,1H3,(H,29,30). The van der Waals surface area contributed by atoms with Gasteiger partial charge in [0.1, 0.15) is 28.2 Å². The number of fused-ring (bicyclic) bond motifs is 5. The van der Waals surface area contributed by atoms with Crippen molar-refractivity contribution in [2.24, 2.45) is 17.8 Å². The highest BCUT2D eigenvalue weighted by Crippen LogP contribution is 2.55. The van der Waals surface area contributed by atoms with Crippen LogP contribution in [0.1, 0.15) is 22.5 Å². The fourth-order valence-electron chi connectivity index (χ4n) is 6.63. The third-order valence-corrected chi connectivity index (χ3v) is 9.04. The van der Waals surface area contributed by atoms with Crippen molar-refractivity contribution in [3.05, 3.63) is 50.9 Å². The lowest BCUT2D eigenvalue weighted by molar-refractivity contribution is 0.0697. The average Bonchev–Trinajstić information content (AvgIpc) is 3.53. The number of ether oxygens (including phenoxy) is 1. The Bertz CT molecular complexity index is 1460. The van der Waals surface area contributed by atoms with Gasteiger partial charge in [-0.05, 0) is 31.4 Å². The van der Waals surface area contributed by atoms with Crippen molar-refractivity contribution in [1.29, 1.82) is 0 Å². The summed E-state index contributed by atoms with van der Waals surface area (Å²) in [4.78, 5) is 27.3. The molecule has 4 atom stereocenters. The van der Waals surface area contributed by atoms with Crippen LogP contribution in [0.5, 0.6) is 5.75 Å². The minimum atomic E-state index is -1.30. The molecule has 1 saturated carbocycles. The van der Waals surface area contributed by atoms with Gasteiger partial charge in [0.05, 0.1) is 11.1 Å². The molecule has 4 unspecified atom stereocenters. The summed E-state index contributed by atoms with van der Waals surface area (Å²) in [6, 6.07) is 1.19. The molecule has 3 aromatic rings. The van der Waals surface area contributed by atoms with Gasteiger partial charge in [0.2, 0.25) is 5.43 Å². The molecule has 0 radical (unpaired) electrons. The van der Waals surface area contributed by atoms with Gasteiger partial charge in [-0.25, -0.2) is 9.18 Å². The second kappa shape index (κ2) is 5.90. The summed E-state index contributed by atoms with van der Waals surface area (Å²) in [5.41, 5.74) is 0.575. The zero-order valence-corrected chi connectivity index (χ0v) is 18.0. The molecule has 7 nitrogen and oxygen atoms in total. The molecule has 9 heteroatoms. The van der Waals surface area contributed by atoms with Crippen molar-refractivity contribution in [2.75, 3.05) is 25.0 Å². The number of halogens is 1. The van der Waals surface area contributed by atoms with E-state index in [9.17, 15) is 14.7 Å². The molecule has 32 heavy (non-hydrogen) atoms. The Kier molecular flexibility index (Phi) is 3.44. The second-order valence-electron chi connectivity index (χ2n) is 9.29. The van der Waals surface area contributed by atoms with E-state index in [0.717, 1.165) is 18.7 Å². The first-order valence-electron chi connectivity index (χ1n) is 10.7. The van der Waals surface area contributed by atoms with Crippen LogP contribution in [0.2, 0.25) is 0 Å². The lowest BCUT2D eigenvalue weighted by Gasteiger charge is -2.32. The number of carbonyl (C=O) groups is 1. The Balaban J connectivity index is 1.46. The Morgan fingerprint density at radius 2 is 2.25 bits per heavy atom. The molecular formula is C23H20FN3O4S. The summed E-state index contributed by atoms with van der Waals surface area (Å²) in [5.74, 6) is -0.210. The van der Waals surface area contributed by atoms with Crippen LogP contribution in [0.15, 0.2) is 28.4 Å². The number of carboxylic acids is 1. The number of benzene rings is 1. The van der Waals surface area contributed by atoms with Gasteiger partial charge in [-0.1, -0.05) is 12.2 Å². The highest BCUT2D eigenvalue weighted by molar-refractivity contribution is 7.16. The minimum absolute atomic E-state index is 0.0447. The number of hydrogen-bond donors (Lipinski definition) is 2. The number of carboxylic acid groups (broad SMARTS) is 1. The molecular weight excluding hydrogens is 433 g/mol. The molecule has 0 amide bonds. The molecule has 2 aromatic heterocycles. The van der Waals surface area contributed by atoms with E-state index in [1.807, 2.05) is 7.05 Å². The topological polar surface area (TPSA) is 83.3 Å². The number of hydrogen-bond acceptors (Lipinski definition) is 6. The zero-order valence-electron chi connectivity index (χ0n) is 17.2. The largest absolute Gasteiger partial charge is 0.483 e. The monoisotopic (exact) mass is 453 g/mol. The molecule has 1 saturated heterocycles. The zero-order chi connectivity index (χ0) is 21.9. The first-order chi connectivity index (χ1) is 15.4. The van der Waals surface area contributed by atoms with E-state index in [2.05, 4.69) is 22.4 Å². The summed E-state index contributed by atoms with van der Waals surface area (Å²) in [7, 11) is 1.99. The first kappa shape index (κ1) is 18.6. The maximum atomic E-state index is 15.6. The smallest absolute Gasteiger partial charge is 0.342 e. The number of likely N-dealkylation sites (N-methyl/N-ethyl adjacent to an activating group) is 1. The van der Waals surface area contributed by atoms with Crippen LogP contribution >= 0.6 is 11.3 Å². The molecule has 7 rings (SSSR count). The molecule has 4 aliphatic rings.